The number of carbonyl (C=O) groups is 2. The molecule has 0 atom stereocenters. The second-order valence-corrected chi connectivity index (χ2v) is 5.43. The number of rotatable bonds is 3. The van der Waals surface area contributed by atoms with Gasteiger partial charge in [0.15, 0.2) is 12.3 Å². The summed E-state index contributed by atoms with van der Waals surface area (Å²) >= 11 is 0. The van der Waals surface area contributed by atoms with E-state index in [9.17, 15) is 22.8 Å². The lowest BCUT2D eigenvalue weighted by molar-refractivity contribution is -0.154. The molecule has 1 fully saturated rings. The number of amides is 2. The first-order valence-corrected chi connectivity index (χ1v) is 6.75. The summed E-state index contributed by atoms with van der Waals surface area (Å²) in [5.41, 5.74) is -1.13. The van der Waals surface area contributed by atoms with Crippen LogP contribution in [0.2, 0.25) is 0 Å². The van der Waals surface area contributed by atoms with E-state index in [1.807, 2.05) is 0 Å². The first-order chi connectivity index (χ1) is 10.6. The van der Waals surface area contributed by atoms with Crippen molar-refractivity contribution in [2.24, 2.45) is 0 Å². The molecule has 126 valence electrons. The number of carbonyl (C=O) groups excluding carboxylic acids is 2. The molecule has 0 unspecified atom stereocenters. The molecule has 1 saturated heterocycles. The average Bonchev–Trinajstić information content (AvgIpc) is 2.47. The third-order valence-electron chi connectivity index (χ3n) is 3.34. The fraction of sp³-hybridized carbons (Fsp3) is 0.538. The minimum absolute atomic E-state index is 0.0767. The van der Waals surface area contributed by atoms with E-state index in [0.717, 1.165) is 6.07 Å². The maximum Gasteiger partial charge on any atom is 0.422 e. The molecule has 0 saturated carbocycles. The van der Waals surface area contributed by atoms with E-state index in [2.05, 4.69) is 20.3 Å². The molecule has 0 aromatic carbocycles. The molecule has 23 heavy (non-hydrogen) atoms. The van der Waals surface area contributed by atoms with Crippen LogP contribution in [-0.2, 0) is 4.79 Å². The Hall–Kier alpha value is -2.39. The zero-order valence-electron chi connectivity index (χ0n) is 12.5. The van der Waals surface area contributed by atoms with Crippen molar-refractivity contribution < 1.29 is 27.5 Å². The van der Waals surface area contributed by atoms with Gasteiger partial charge in [0.25, 0.3) is 5.91 Å². The molecule has 1 aliphatic rings. The van der Waals surface area contributed by atoms with Crippen molar-refractivity contribution in [3.05, 3.63) is 17.8 Å². The number of hydrogen-bond donors (Lipinski definition) is 1. The molecule has 0 bridgehead atoms. The van der Waals surface area contributed by atoms with Gasteiger partial charge in [-0.3, -0.25) is 9.59 Å². The van der Waals surface area contributed by atoms with Crippen LogP contribution in [0, 0.1) is 0 Å². The van der Waals surface area contributed by atoms with Crippen LogP contribution in [0.3, 0.4) is 0 Å². The summed E-state index contributed by atoms with van der Waals surface area (Å²) in [5.74, 6) is -1.16. The van der Waals surface area contributed by atoms with Gasteiger partial charge >= 0.3 is 6.18 Å². The third-order valence-corrected chi connectivity index (χ3v) is 3.34. The van der Waals surface area contributed by atoms with Crippen molar-refractivity contribution in [2.75, 3.05) is 19.7 Å². The van der Waals surface area contributed by atoms with E-state index >= 15 is 0 Å². The number of alkyl halides is 3. The van der Waals surface area contributed by atoms with E-state index in [1.54, 1.807) is 13.8 Å². The summed E-state index contributed by atoms with van der Waals surface area (Å²) in [4.78, 5) is 25.6. The van der Waals surface area contributed by atoms with E-state index < -0.39 is 24.2 Å². The minimum Gasteiger partial charge on any atom is -0.467 e. The Labute approximate surface area is 129 Å². The van der Waals surface area contributed by atoms with Crippen molar-refractivity contribution in [1.82, 2.24) is 20.4 Å². The van der Waals surface area contributed by atoms with Gasteiger partial charge < -0.3 is 15.0 Å². The van der Waals surface area contributed by atoms with Crippen molar-refractivity contribution in [3.63, 3.8) is 0 Å². The van der Waals surface area contributed by atoms with E-state index in [4.69, 9.17) is 0 Å². The number of hydrogen-bond acceptors (Lipinski definition) is 5. The topological polar surface area (TPSA) is 84.4 Å². The van der Waals surface area contributed by atoms with E-state index in [-0.39, 0.29) is 17.5 Å². The molecule has 0 aliphatic carbocycles. The summed E-state index contributed by atoms with van der Waals surface area (Å²) in [5, 5.41) is 9.68. The number of halogens is 3. The Morgan fingerprint density at radius 2 is 2.09 bits per heavy atom. The van der Waals surface area contributed by atoms with Gasteiger partial charge in [-0.15, -0.1) is 10.2 Å². The van der Waals surface area contributed by atoms with Crippen LogP contribution in [0.25, 0.3) is 0 Å². The van der Waals surface area contributed by atoms with Crippen molar-refractivity contribution in [1.29, 1.82) is 0 Å². The molecule has 2 rings (SSSR count). The maximum absolute atomic E-state index is 12.4. The monoisotopic (exact) mass is 332 g/mol. The Morgan fingerprint density at radius 1 is 1.39 bits per heavy atom. The predicted octanol–water partition coefficient (Wildman–Crippen LogP) is 0.768. The Balaban J connectivity index is 2.10. The summed E-state index contributed by atoms with van der Waals surface area (Å²) in [6.45, 7) is 2.30. The number of nitrogens with zero attached hydrogens (tertiary/aromatic N) is 3. The van der Waals surface area contributed by atoms with E-state index in [1.165, 1.54) is 11.0 Å². The van der Waals surface area contributed by atoms with Gasteiger partial charge in [0.05, 0.1) is 0 Å². The summed E-state index contributed by atoms with van der Waals surface area (Å²) in [7, 11) is 0. The van der Waals surface area contributed by atoms with Crippen LogP contribution in [0.1, 0.15) is 24.3 Å². The maximum atomic E-state index is 12.4. The zero-order valence-corrected chi connectivity index (χ0v) is 12.5. The molecule has 1 aromatic heterocycles. The number of nitrogens with one attached hydrogen (secondary N) is 1. The summed E-state index contributed by atoms with van der Waals surface area (Å²) in [6.07, 6.45) is -4.48. The van der Waals surface area contributed by atoms with Gasteiger partial charge in [-0.05, 0) is 19.9 Å². The molecular weight excluding hydrogens is 317 g/mol. The Kier molecular flexibility index (Phi) is 4.44. The smallest absolute Gasteiger partial charge is 0.422 e. The molecule has 10 heteroatoms. The quantitative estimate of drug-likeness (QED) is 0.884. The molecule has 2 heterocycles. The lowest BCUT2D eigenvalue weighted by atomic mass is 9.98. The number of aromatic nitrogens is 2. The molecule has 0 radical (unpaired) electrons. The third kappa shape index (κ3) is 3.88. The molecule has 2 amide bonds. The highest BCUT2D eigenvalue weighted by Gasteiger charge is 2.41. The fourth-order valence-corrected chi connectivity index (χ4v) is 2.06. The number of ether oxygens (including phenoxy) is 1. The molecular formula is C13H15F3N4O3. The molecule has 7 nitrogen and oxygen atoms in total. The van der Waals surface area contributed by atoms with Gasteiger partial charge in [-0.1, -0.05) is 0 Å². The van der Waals surface area contributed by atoms with Gasteiger partial charge in [-0.2, -0.15) is 13.2 Å². The fourth-order valence-electron chi connectivity index (χ4n) is 2.06. The van der Waals surface area contributed by atoms with Gasteiger partial charge in [-0.25, -0.2) is 0 Å². The predicted molar refractivity (Wildman–Crippen MR) is 71.7 cm³/mol. The van der Waals surface area contributed by atoms with Crippen molar-refractivity contribution in [2.45, 2.75) is 25.6 Å². The lowest BCUT2D eigenvalue weighted by Crippen LogP contribution is -2.63. The SMILES string of the molecule is CC1(C)C(=O)NCCN1C(=O)c1ccc(OCC(F)(F)F)nn1. The summed E-state index contributed by atoms with van der Waals surface area (Å²) in [6, 6.07) is 2.34. The molecule has 1 aromatic rings. The van der Waals surface area contributed by atoms with Crippen molar-refractivity contribution in [3.8, 4) is 5.88 Å². The van der Waals surface area contributed by atoms with Crippen LogP contribution in [0.5, 0.6) is 5.88 Å². The standard InChI is InChI=1S/C13H15F3N4O3/c1-12(2)11(22)17-5-6-20(12)10(21)8-3-4-9(19-18-8)23-7-13(14,15)16/h3-4H,5-7H2,1-2H3,(H,17,22). The molecule has 1 N–H and O–H groups in total. The second kappa shape index (κ2) is 6.01. The highest BCUT2D eigenvalue weighted by molar-refractivity contribution is 5.98. The first-order valence-electron chi connectivity index (χ1n) is 6.75. The van der Waals surface area contributed by atoms with E-state index in [0.29, 0.717) is 13.1 Å². The van der Waals surface area contributed by atoms with Crippen LogP contribution < -0.4 is 10.1 Å². The highest BCUT2D eigenvalue weighted by Crippen LogP contribution is 2.21. The van der Waals surface area contributed by atoms with Crippen LogP contribution in [0.4, 0.5) is 13.2 Å². The van der Waals surface area contributed by atoms with Crippen molar-refractivity contribution >= 4 is 11.8 Å². The summed E-state index contributed by atoms with van der Waals surface area (Å²) < 4.78 is 40.5. The lowest BCUT2D eigenvalue weighted by Gasteiger charge is -2.40. The highest BCUT2D eigenvalue weighted by atomic mass is 19.4. The largest absolute Gasteiger partial charge is 0.467 e. The van der Waals surface area contributed by atoms with Gasteiger partial charge in [0.2, 0.25) is 11.8 Å². The molecule has 1 aliphatic heterocycles. The first kappa shape index (κ1) is 17.0. The average molecular weight is 332 g/mol. The van der Waals surface area contributed by atoms with Crippen LogP contribution in [-0.4, -0.2) is 58.3 Å². The minimum atomic E-state index is -4.48. The second-order valence-electron chi connectivity index (χ2n) is 5.43. The molecule has 0 spiro atoms. The normalized spacial score (nSPS) is 17.6. The van der Waals surface area contributed by atoms with Gasteiger partial charge in [0, 0.05) is 19.2 Å². The van der Waals surface area contributed by atoms with Gasteiger partial charge in [0.1, 0.15) is 5.54 Å². The Morgan fingerprint density at radius 3 is 2.65 bits per heavy atom. The zero-order chi connectivity index (χ0) is 17.3. The number of piperazine rings is 1. The Bertz CT molecular complexity index is 601. The van der Waals surface area contributed by atoms with Crippen LogP contribution in [0.15, 0.2) is 12.1 Å². The van der Waals surface area contributed by atoms with Crippen LogP contribution >= 0.6 is 0 Å².